The zero-order chi connectivity index (χ0) is 20.5. The molecule has 0 radical (unpaired) electrons. The number of rotatable bonds is 4. The normalized spacial score (nSPS) is 19.5. The fraction of sp³-hybridized carbons (Fsp3) is 0.263. The molecule has 0 aliphatic carbocycles. The van der Waals surface area contributed by atoms with Crippen molar-refractivity contribution in [3.05, 3.63) is 64.7 Å². The largest absolute Gasteiger partial charge is 0.497 e. The lowest BCUT2D eigenvalue weighted by Crippen LogP contribution is -2.57. The van der Waals surface area contributed by atoms with E-state index in [1.807, 2.05) is 0 Å². The second-order valence-corrected chi connectivity index (χ2v) is 6.71. The Morgan fingerprint density at radius 1 is 1.21 bits per heavy atom. The molecule has 0 bridgehead atoms. The second kappa shape index (κ2) is 7.44. The van der Waals surface area contributed by atoms with Crippen molar-refractivity contribution < 1.29 is 27.8 Å². The van der Waals surface area contributed by atoms with Crippen molar-refractivity contribution in [3.8, 4) is 5.75 Å². The van der Waals surface area contributed by atoms with E-state index in [1.54, 1.807) is 24.3 Å². The highest BCUT2D eigenvalue weighted by molar-refractivity contribution is 6.30. The molecule has 148 valence electrons. The fourth-order valence-corrected chi connectivity index (χ4v) is 2.95. The van der Waals surface area contributed by atoms with E-state index in [0.29, 0.717) is 21.9 Å². The maximum absolute atomic E-state index is 13.6. The number of carbonyl (C=O) groups excluding carboxylic acids is 1. The Morgan fingerprint density at radius 3 is 2.36 bits per heavy atom. The third kappa shape index (κ3) is 3.83. The summed E-state index contributed by atoms with van der Waals surface area (Å²) in [5.41, 5.74) is -2.66. The van der Waals surface area contributed by atoms with Gasteiger partial charge in [0.2, 0.25) is 5.91 Å². The van der Waals surface area contributed by atoms with Crippen LogP contribution in [0.15, 0.2) is 53.6 Å². The van der Waals surface area contributed by atoms with Crippen LogP contribution in [0.2, 0.25) is 5.02 Å². The number of halogens is 4. The first-order valence-electron chi connectivity index (χ1n) is 8.22. The third-order valence-electron chi connectivity index (χ3n) is 4.37. The Labute approximate surface area is 164 Å². The average Bonchev–Trinajstić information content (AvgIpc) is 3.02. The van der Waals surface area contributed by atoms with Crippen LogP contribution in [0.4, 0.5) is 13.2 Å². The predicted molar refractivity (Wildman–Crippen MR) is 97.2 cm³/mol. The average molecular weight is 413 g/mol. The van der Waals surface area contributed by atoms with Gasteiger partial charge in [-0.2, -0.15) is 23.3 Å². The Morgan fingerprint density at radius 2 is 1.82 bits per heavy atom. The van der Waals surface area contributed by atoms with Crippen molar-refractivity contribution in [2.75, 3.05) is 7.11 Å². The van der Waals surface area contributed by atoms with Crippen molar-refractivity contribution in [3.63, 3.8) is 0 Å². The van der Waals surface area contributed by atoms with Crippen LogP contribution in [0.1, 0.15) is 17.5 Å². The van der Waals surface area contributed by atoms with Crippen LogP contribution >= 0.6 is 11.6 Å². The third-order valence-corrected chi connectivity index (χ3v) is 4.62. The molecule has 3 rings (SSSR count). The second-order valence-electron chi connectivity index (χ2n) is 6.28. The molecule has 9 heteroatoms. The van der Waals surface area contributed by atoms with Gasteiger partial charge in [-0.3, -0.25) is 4.79 Å². The van der Waals surface area contributed by atoms with Gasteiger partial charge in [-0.15, -0.1) is 0 Å². The topological polar surface area (TPSA) is 62.1 Å². The SMILES string of the molecule is COc1ccc(CC(=O)N2N=C(c3ccc(Cl)cc3)C[C@@]2(O)C(F)(F)F)cc1. The smallest absolute Gasteiger partial charge is 0.438 e. The summed E-state index contributed by atoms with van der Waals surface area (Å²) in [6.45, 7) is 0. The molecule has 5 nitrogen and oxygen atoms in total. The Balaban J connectivity index is 1.90. The minimum absolute atomic E-state index is 0.0560. The molecule has 2 aromatic carbocycles. The molecule has 0 aromatic heterocycles. The standard InChI is InChI=1S/C19H16ClF3N2O3/c1-28-15-8-2-12(3-9-15)10-17(26)25-18(27,19(21,22)23)11-16(24-25)13-4-6-14(20)7-5-13/h2-9,27H,10-11H2,1H3/t18-/m1/s1. The van der Waals surface area contributed by atoms with E-state index in [-0.39, 0.29) is 17.1 Å². The molecule has 28 heavy (non-hydrogen) atoms. The molecule has 1 N–H and O–H groups in total. The lowest BCUT2D eigenvalue weighted by molar-refractivity contribution is -0.302. The van der Waals surface area contributed by atoms with Gasteiger partial charge < -0.3 is 9.84 Å². The summed E-state index contributed by atoms with van der Waals surface area (Å²) in [5.74, 6) is -0.429. The summed E-state index contributed by atoms with van der Waals surface area (Å²) < 4.78 is 45.8. The van der Waals surface area contributed by atoms with Crippen LogP contribution in [-0.2, 0) is 11.2 Å². The summed E-state index contributed by atoms with van der Waals surface area (Å²) in [4.78, 5) is 12.6. The molecule has 2 aromatic rings. The number of hydrogen-bond donors (Lipinski definition) is 1. The number of aliphatic hydroxyl groups is 1. The van der Waals surface area contributed by atoms with E-state index in [4.69, 9.17) is 16.3 Å². The van der Waals surface area contributed by atoms with E-state index < -0.39 is 24.2 Å². The molecular weight excluding hydrogens is 397 g/mol. The summed E-state index contributed by atoms with van der Waals surface area (Å²) in [7, 11) is 1.47. The van der Waals surface area contributed by atoms with Crippen LogP contribution in [0.3, 0.4) is 0 Å². The molecular formula is C19H16ClF3N2O3. The quantitative estimate of drug-likeness (QED) is 0.831. The maximum Gasteiger partial charge on any atom is 0.438 e. The summed E-state index contributed by atoms with van der Waals surface area (Å²) in [6.07, 6.45) is -6.31. The van der Waals surface area contributed by atoms with Gasteiger partial charge in [0, 0.05) is 5.02 Å². The van der Waals surface area contributed by atoms with E-state index in [0.717, 1.165) is 0 Å². The molecule has 0 saturated heterocycles. The number of alkyl halides is 3. The zero-order valence-corrected chi connectivity index (χ0v) is 15.5. The number of hydrazone groups is 1. The van der Waals surface area contributed by atoms with Gasteiger partial charge in [0.1, 0.15) is 5.75 Å². The van der Waals surface area contributed by atoms with Gasteiger partial charge in [0.05, 0.1) is 25.7 Å². The number of nitrogens with zero attached hydrogens (tertiary/aromatic N) is 2. The molecule has 1 aliphatic heterocycles. The highest BCUT2D eigenvalue weighted by atomic mass is 35.5. The van der Waals surface area contributed by atoms with Crippen LogP contribution in [0.25, 0.3) is 0 Å². The summed E-state index contributed by atoms with van der Waals surface area (Å²) in [5, 5.41) is 14.7. The number of ether oxygens (including phenoxy) is 1. The molecule has 0 spiro atoms. The van der Waals surface area contributed by atoms with Crippen molar-refractivity contribution in [2.24, 2.45) is 5.10 Å². The highest BCUT2D eigenvalue weighted by Gasteiger charge is 2.63. The van der Waals surface area contributed by atoms with Crippen molar-refractivity contribution in [2.45, 2.75) is 24.7 Å². The van der Waals surface area contributed by atoms with Crippen molar-refractivity contribution in [1.82, 2.24) is 5.01 Å². The van der Waals surface area contributed by atoms with Gasteiger partial charge in [-0.1, -0.05) is 35.9 Å². The molecule has 0 unspecified atom stereocenters. The minimum Gasteiger partial charge on any atom is -0.497 e. The Bertz CT molecular complexity index is 898. The van der Waals surface area contributed by atoms with Crippen LogP contribution in [0.5, 0.6) is 5.75 Å². The van der Waals surface area contributed by atoms with Gasteiger partial charge in [0.15, 0.2) is 0 Å². The van der Waals surface area contributed by atoms with Crippen LogP contribution in [0, 0.1) is 0 Å². The summed E-state index contributed by atoms with van der Waals surface area (Å²) >= 11 is 5.80. The highest BCUT2D eigenvalue weighted by Crippen LogP contribution is 2.41. The van der Waals surface area contributed by atoms with E-state index >= 15 is 0 Å². The van der Waals surface area contributed by atoms with Gasteiger partial charge in [-0.25, -0.2) is 0 Å². The lowest BCUT2D eigenvalue weighted by atomic mass is 10.0. The first-order valence-corrected chi connectivity index (χ1v) is 8.60. The van der Waals surface area contributed by atoms with Crippen LogP contribution in [-0.4, -0.2) is 40.7 Å². The zero-order valence-electron chi connectivity index (χ0n) is 14.7. The van der Waals surface area contributed by atoms with Gasteiger partial charge in [-0.05, 0) is 35.4 Å². The number of methoxy groups -OCH3 is 1. The monoisotopic (exact) mass is 412 g/mol. The van der Waals surface area contributed by atoms with Gasteiger partial charge >= 0.3 is 6.18 Å². The number of carbonyl (C=O) groups is 1. The Hall–Kier alpha value is -2.58. The maximum atomic E-state index is 13.6. The number of benzene rings is 2. The van der Waals surface area contributed by atoms with E-state index in [2.05, 4.69) is 5.10 Å². The Kier molecular flexibility index (Phi) is 5.36. The fourth-order valence-electron chi connectivity index (χ4n) is 2.82. The predicted octanol–water partition coefficient (Wildman–Crippen LogP) is 3.78. The molecule has 1 heterocycles. The van der Waals surface area contributed by atoms with E-state index in [9.17, 15) is 23.1 Å². The lowest BCUT2D eigenvalue weighted by Gasteiger charge is -2.32. The molecule has 0 fully saturated rings. The number of amides is 1. The first-order chi connectivity index (χ1) is 13.1. The van der Waals surface area contributed by atoms with E-state index in [1.165, 1.54) is 31.4 Å². The molecule has 0 saturated carbocycles. The van der Waals surface area contributed by atoms with Crippen LogP contribution < -0.4 is 4.74 Å². The minimum atomic E-state index is -5.08. The number of hydrogen-bond acceptors (Lipinski definition) is 4. The molecule has 1 aliphatic rings. The molecule has 1 atom stereocenters. The summed E-state index contributed by atoms with van der Waals surface area (Å²) in [6, 6.07) is 12.2. The first kappa shape index (κ1) is 20.2. The van der Waals surface area contributed by atoms with Crippen molar-refractivity contribution >= 4 is 23.2 Å². The van der Waals surface area contributed by atoms with Gasteiger partial charge in [0.25, 0.3) is 5.72 Å². The molecule has 1 amide bonds. The van der Waals surface area contributed by atoms with Crippen molar-refractivity contribution in [1.29, 1.82) is 0 Å².